The van der Waals surface area contributed by atoms with E-state index in [0.29, 0.717) is 4.83 Å². The van der Waals surface area contributed by atoms with Gasteiger partial charge in [-0.25, -0.2) is 0 Å². The molecule has 18 heavy (non-hydrogen) atoms. The normalized spacial score (nSPS) is 12.3. The molecule has 0 amide bonds. The number of aryl methyl sites for hydroxylation is 1. The van der Waals surface area contributed by atoms with E-state index in [4.69, 9.17) is 0 Å². The van der Waals surface area contributed by atoms with Crippen molar-refractivity contribution in [2.75, 3.05) is 0 Å². The molecule has 0 fully saturated rings. The van der Waals surface area contributed by atoms with Gasteiger partial charge in [0.2, 0.25) is 0 Å². The maximum Gasteiger partial charge on any atom is 0.0146 e. The van der Waals surface area contributed by atoms with Gasteiger partial charge in [0.25, 0.3) is 0 Å². The molecular weight excluding hydrogens is 284 g/mol. The first-order chi connectivity index (χ1) is 8.79. The third-order valence-electron chi connectivity index (χ3n) is 3.25. The fourth-order valence-corrected chi connectivity index (χ4v) is 2.25. The van der Waals surface area contributed by atoms with E-state index < -0.39 is 0 Å². The Labute approximate surface area is 118 Å². The van der Waals surface area contributed by atoms with E-state index in [0.717, 1.165) is 6.42 Å². The van der Waals surface area contributed by atoms with Crippen molar-refractivity contribution in [3.63, 3.8) is 0 Å². The highest BCUT2D eigenvalue weighted by Crippen LogP contribution is 2.20. The first-order valence-corrected chi connectivity index (χ1v) is 7.49. The molecule has 0 spiro atoms. The smallest absolute Gasteiger partial charge is 0.0146 e. The molecule has 0 N–H and O–H groups in total. The molecule has 2 rings (SSSR count). The highest BCUT2D eigenvalue weighted by Gasteiger charge is 2.02. The molecule has 0 aliphatic rings. The maximum atomic E-state index is 3.69. The second-order valence-corrected chi connectivity index (χ2v) is 5.90. The lowest BCUT2D eigenvalue weighted by molar-refractivity contribution is 0.746. The highest BCUT2D eigenvalue weighted by atomic mass is 79.9. The zero-order valence-corrected chi connectivity index (χ0v) is 12.4. The van der Waals surface area contributed by atoms with E-state index in [-0.39, 0.29) is 0 Å². The van der Waals surface area contributed by atoms with Gasteiger partial charge in [0.1, 0.15) is 0 Å². The molecule has 1 heteroatoms. The lowest BCUT2D eigenvalue weighted by atomic mass is 10.0. The van der Waals surface area contributed by atoms with Crippen molar-refractivity contribution in [1.29, 1.82) is 0 Å². The number of hydrogen-bond acceptors (Lipinski definition) is 0. The minimum absolute atomic E-state index is 0.645. The SMILES string of the molecule is CCC(Br)CCc1ccc(-c2ccccc2)cc1. The van der Waals surface area contributed by atoms with Gasteiger partial charge in [-0.3, -0.25) is 0 Å². The number of alkyl halides is 1. The summed E-state index contributed by atoms with van der Waals surface area (Å²) in [6, 6.07) is 19.5. The van der Waals surface area contributed by atoms with Gasteiger partial charge in [-0.2, -0.15) is 0 Å². The van der Waals surface area contributed by atoms with Crippen molar-refractivity contribution in [3.05, 3.63) is 60.2 Å². The molecule has 0 nitrogen and oxygen atoms in total. The molecule has 0 heterocycles. The van der Waals surface area contributed by atoms with Gasteiger partial charge >= 0.3 is 0 Å². The van der Waals surface area contributed by atoms with Crippen molar-refractivity contribution in [3.8, 4) is 11.1 Å². The summed E-state index contributed by atoms with van der Waals surface area (Å²) in [6.07, 6.45) is 3.56. The van der Waals surface area contributed by atoms with Crippen LogP contribution in [0, 0.1) is 0 Å². The van der Waals surface area contributed by atoms with Gasteiger partial charge in [-0.1, -0.05) is 77.5 Å². The second kappa shape index (κ2) is 6.75. The highest BCUT2D eigenvalue weighted by molar-refractivity contribution is 9.09. The van der Waals surface area contributed by atoms with Gasteiger partial charge in [0, 0.05) is 4.83 Å². The van der Waals surface area contributed by atoms with Crippen LogP contribution in [-0.4, -0.2) is 4.83 Å². The van der Waals surface area contributed by atoms with Crippen molar-refractivity contribution >= 4 is 15.9 Å². The summed E-state index contributed by atoms with van der Waals surface area (Å²) in [5.74, 6) is 0. The molecule has 0 aliphatic heterocycles. The topological polar surface area (TPSA) is 0 Å². The van der Waals surface area contributed by atoms with Crippen LogP contribution >= 0.6 is 15.9 Å². The molecular formula is C17H19Br. The quantitative estimate of drug-likeness (QED) is 0.643. The fraction of sp³-hybridized carbons (Fsp3) is 0.294. The summed E-state index contributed by atoms with van der Waals surface area (Å²) < 4.78 is 0. The van der Waals surface area contributed by atoms with Crippen LogP contribution in [0.15, 0.2) is 54.6 Å². The van der Waals surface area contributed by atoms with Crippen LogP contribution in [0.5, 0.6) is 0 Å². The minimum Gasteiger partial charge on any atom is -0.0891 e. The molecule has 1 unspecified atom stereocenters. The average Bonchev–Trinajstić information content (AvgIpc) is 2.46. The summed E-state index contributed by atoms with van der Waals surface area (Å²) in [6.45, 7) is 2.22. The first kappa shape index (κ1) is 13.4. The fourth-order valence-electron chi connectivity index (χ4n) is 2.02. The number of hydrogen-bond donors (Lipinski definition) is 0. The molecule has 0 saturated carbocycles. The Kier molecular flexibility index (Phi) is 5.00. The van der Waals surface area contributed by atoms with Gasteiger partial charge in [0.15, 0.2) is 0 Å². The second-order valence-electron chi connectivity index (χ2n) is 4.61. The molecule has 0 aliphatic carbocycles. The van der Waals surface area contributed by atoms with E-state index in [1.165, 1.54) is 29.5 Å². The third-order valence-corrected chi connectivity index (χ3v) is 4.36. The van der Waals surface area contributed by atoms with Crippen LogP contribution in [0.2, 0.25) is 0 Å². The molecule has 2 aromatic rings. The summed E-state index contributed by atoms with van der Waals surface area (Å²) in [5, 5.41) is 0. The maximum absolute atomic E-state index is 3.69. The Balaban J connectivity index is 2.02. The zero-order valence-electron chi connectivity index (χ0n) is 10.8. The number of rotatable bonds is 5. The summed E-state index contributed by atoms with van der Waals surface area (Å²) in [7, 11) is 0. The minimum atomic E-state index is 0.645. The van der Waals surface area contributed by atoms with Crippen LogP contribution in [-0.2, 0) is 6.42 Å². The Hall–Kier alpha value is -1.08. The molecule has 0 saturated heterocycles. The molecule has 2 aromatic carbocycles. The van der Waals surface area contributed by atoms with Gasteiger partial charge < -0.3 is 0 Å². The third kappa shape index (κ3) is 3.71. The monoisotopic (exact) mass is 302 g/mol. The predicted octanol–water partition coefficient (Wildman–Crippen LogP) is 5.46. The van der Waals surface area contributed by atoms with Crippen LogP contribution in [0.4, 0.5) is 0 Å². The van der Waals surface area contributed by atoms with Gasteiger partial charge in [-0.05, 0) is 36.0 Å². The van der Waals surface area contributed by atoms with Crippen molar-refractivity contribution in [2.24, 2.45) is 0 Å². The largest absolute Gasteiger partial charge is 0.0891 e. The van der Waals surface area contributed by atoms with Crippen LogP contribution < -0.4 is 0 Å². The molecule has 94 valence electrons. The summed E-state index contributed by atoms with van der Waals surface area (Å²) in [5.41, 5.74) is 4.01. The predicted molar refractivity (Wildman–Crippen MR) is 83.2 cm³/mol. The van der Waals surface area contributed by atoms with Crippen molar-refractivity contribution < 1.29 is 0 Å². The Bertz CT molecular complexity index is 459. The van der Waals surface area contributed by atoms with Crippen molar-refractivity contribution in [1.82, 2.24) is 0 Å². The van der Waals surface area contributed by atoms with E-state index >= 15 is 0 Å². The Morgan fingerprint density at radius 2 is 1.50 bits per heavy atom. The molecule has 1 atom stereocenters. The Morgan fingerprint density at radius 3 is 2.11 bits per heavy atom. The molecule has 0 bridgehead atoms. The lowest BCUT2D eigenvalue weighted by Gasteiger charge is -2.07. The lowest BCUT2D eigenvalue weighted by Crippen LogP contribution is -1.97. The van der Waals surface area contributed by atoms with Crippen molar-refractivity contribution in [2.45, 2.75) is 31.0 Å². The van der Waals surface area contributed by atoms with Gasteiger partial charge in [-0.15, -0.1) is 0 Å². The molecule has 0 aromatic heterocycles. The van der Waals surface area contributed by atoms with Crippen LogP contribution in [0.1, 0.15) is 25.3 Å². The Morgan fingerprint density at radius 1 is 0.889 bits per heavy atom. The molecule has 0 radical (unpaired) electrons. The first-order valence-electron chi connectivity index (χ1n) is 6.58. The van der Waals surface area contributed by atoms with E-state index in [2.05, 4.69) is 77.5 Å². The zero-order chi connectivity index (χ0) is 12.8. The standard InChI is InChI=1S/C17H19Br/c1-2-17(18)13-10-14-8-11-16(12-9-14)15-6-4-3-5-7-15/h3-9,11-12,17H,2,10,13H2,1H3. The number of benzene rings is 2. The van der Waals surface area contributed by atoms with E-state index in [1.807, 2.05) is 0 Å². The van der Waals surface area contributed by atoms with E-state index in [9.17, 15) is 0 Å². The van der Waals surface area contributed by atoms with Gasteiger partial charge in [0.05, 0.1) is 0 Å². The average molecular weight is 303 g/mol. The van der Waals surface area contributed by atoms with Crippen LogP contribution in [0.25, 0.3) is 11.1 Å². The number of halogens is 1. The summed E-state index contributed by atoms with van der Waals surface area (Å²) >= 11 is 3.69. The van der Waals surface area contributed by atoms with Crippen LogP contribution in [0.3, 0.4) is 0 Å². The summed E-state index contributed by atoms with van der Waals surface area (Å²) in [4.78, 5) is 0.645. The van der Waals surface area contributed by atoms with E-state index in [1.54, 1.807) is 0 Å².